The molecule has 224 valence electrons. The van der Waals surface area contributed by atoms with E-state index in [1.165, 1.54) is 16.2 Å². The average Bonchev–Trinajstić information content (AvgIpc) is 3.15. The van der Waals surface area contributed by atoms with Crippen LogP contribution in [0.5, 0.6) is 0 Å². The molecule has 4 nitrogen and oxygen atoms in total. The van der Waals surface area contributed by atoms with Crippen LogP contribution in [0, 0.1) is 0 Å². The Morgan fingerprint density at radius 3 is 1.45 bits per heavy atom. The number of nitrogens with zero attached hydrogens (tertiary/aromatic N) is 4. The van der Waals surface area contributed by atoms with Crippen molar-refractivity contribution < 1.29 is 0 Å². The molecule has 3 aromatic heterocycles. The maximum atomic E-state index is 5.19. The highest BCUT2D eigenvalue weighted by Gasteiger charge is 2.15. The van der Waals surface area contributed by atoms with E-state index in [2.05, 4.69) is 138 Å². The summed E-state index contributed by atoms with van der Waals surface area (Å²) < 4.78 is 0. The van der Waals surface area contributed by atoms with Crippen LogP contribution in [0.4, 0.5) is 0 Å². The number of pyridine rings is 2. The van der Waals surface area contributed by atoms with Gasteiger partial charge < -0.3 is 0 Å². The van der Waals surface area contributed by atoms with E-state index in [1.807, 2.05) is 31.5 Å². The second kappa shape index (κ2) is 13.4. The van der Waals surface area contributed by atoms with Crippen molar-refractivity contribution in [2.45, 2.75) is 6.92 Å². The summed E-state index contributed by atoms with van der Waals surface area (Å²) >= 11 is 0. The summed E-state index contributed by atoms with van der Waals surface area (Å²) in [5.74, 6) is 0.701. The molecule has 4 heteroatoms. The summed E-state index contributed by atoms with van der Waals surface area (Å²) in [7, 11) is 0. The predicted octanol–water partition coefficient (Wildman–Crippen LogP) is 11.1. The Bertz CT molecular complexity index is 2190. The number of hydrogen-bond donors (Lipinski definition) is 0. The number of hydrogen-bond acceptors (Lipinski definition) is 4. The minimum absolute atomic E-state index is 0.701. The second-order valence-electron chi connectivity index (χ2n) is 11.2. The first-order valence-electron chi connectivity index (χ1n) is 15.6. The van der Waals surface area contributed by atoms with Gasteiger partial charge in [-0.15, -0.1) is 6.58 Å². The monoisotopic (exact) mass is 604 g/mol. The van der Waals surface area contributed by atoms with Crippen molar-refractivity contribution in [3.63, 3.8) is 0 Å². The van der Waals surface area contributed by atoms with Crippen LogP contribution in [0.25, 0.3) is 77.7 Å². The van der Waals surface area contributed by atoms with E-state index in [1.54, 1.807) is 18.5 Å². The third-order valence-corrected chi connectivity index (χ3v) is 8.09. The number of benzene rings is 5. The minimum atomic E-state index is 0.701. The van der Waals surface area contributed by atoms with E-state index >= 15 is 0 Å². The molecule has 0 amide bonds. The van der Waals surface area contributed by atoms with Crippen molar-refractivity contribution >= 4 is 21.5 Å². The summed E-state index contributed by atoms with van der Waals surface area (Å²) in [6, 6.07) is 46.4. The molecule has 0 atom stereocenters. The lowest BCUT2D eigenvalue weighted by Gasteiger charge is -2.13. The van der Waals surface area contributed by atoms with Gasteiger partial charge in [-0.1, -0.05) is 115 Å². The topological polar surface area (TPSA) is 51.6 Å². The average molecular weight is 605 g/mol. The van der Waals surface area contributed by atoms with E-state index in [0.717, 1.165) is 55.7 Å². The van der Waals surface area contributed by atoms with Crippen molar-refractivity contribution in [3.8, 4) is 56.2 Å². The third kappa shape index (κ3) is 6.18. The molecule has 8 rings (SSSR count). The van der Waals surface area contributed by atoms with Gasteiger partial charge in [0.15, 0.2) is 5.82 Å². The molecule has 0 bridgehead atoms. The highest BCUT2D eigenvalue weighted by atomic mass is 14.9. The lowest BCUT2D eigenvalue weighted by atomic mass is 9.96. The Kier molecular flexibility index (Phi) is 8.39. The quantitative estimate of drug-likeness (QED) is 0.145. The summed E-state index contributed by atoms with van der Waals surface area (Å²) in [5, 5.41) is 4.71. The van der Waals surface area contributed by atoms with Crippen LogP contribution in [0.15, 0.2) is 171 Å². The summed E-state index contributed by atoms with van der Waals surface area (Å²) in [4.78, 5) is 18.9. The smallest absolute Gasteiger partial charge is 0.161 e. The van der Waals surface area contributed by atoms with Crippen molar-refractivity contribution in [1.29, 1.82) is 0 Å². The van der Waals surface area contributed by atoms with Gasteiger partial charge in [-0.3, -0.25) is 9.97 Å². The van der Waals surface area contributed by atoms with Crippen molar-refractivity contribution in [3.05, 3.63) is 171 Å². The van der Waals surface area contributed by atoms with Crippen LogP contribution in [-0.2, 0) is 0 Å². The van der Waals surface area contributed by atoms with Gasteiger partial charge in [0.25, 0.3) is 0 Å². The highest BCUT2D eigenvalue weighted by molar-refractivity contribution is 6.13. The Labute approximate surface area is 274 Å². The van der Waals surface area contributed by atoms with Crippen LogP contribution >= 0.6 is 0 Å². The first-order valence-corrected chi connectivity index (χ1v) is 15.6. The number of fused-ring (bicyclic) bond motifs is 3. The zero-order valence-corrected chi connectivity index (χ0v) is 26.1. The van der Waals surface area contributed by atoms with Gasteiger partial charge in [0, 0.05) is 41.5 Å². The third-order valence-electron chi connectivity index (χ3n) is 8.09. The molecule has 0 saturated heterocycles. The zero-order chi connectivity index (χ0) is 32.0. The molecular formula is C43H32N4. The van der Waals surface area contributed by atoms with Gasteiger partial charge in [-0.05, 0) is 75.0 Å². The van der Waals surface area contributed by atoms with Gasteiger partial charge in [0.2, 0.25) is 0 Å². The summed E-state index contributed by atoms with van der Waals surface area (Å²) in [5.41, 5.74) is 9.21. The molecule has 5 aromatic carbocycles. The van der Waals surface area contributed by atoms with Crippen LogP contribution in [-0.4, -0.2) is 19.9 Å². The van der Waals surface area contributed by atoms with E-state index in [-0.39, 0.29) is 0 Å². The molecule has 0 aliphatic rings. The van der Waals surface area contributed by atoms with Gasteiger partial charge >= 0.3 is 0 Å². The van der Waals surface area contributed by atoms with Crippen LogP contribution in [0.2, 0.25) is 0 Å². The van der Waals surface area contributed by atoms with Crippen LogP contribution in [0.3, 0.4) is 0 Å². The van der Waals surface area contributed by atoms with Crippen molar-refractivity contribution in [2.24, 2.45) is 0 Å². The molecule has 0 fully saturated rings. The molecule has 0 radical (unpaired) electrons. The van der Waals surface area contributed by atoms with Crippen molar-refractivity contribution in [2.75, 3.05) is 0 Å². The summed E-state index contributed by atoms with van der Waals surface area (Å²) in [6.07, 6.45) is 9.11. The van der Waals surface area contributed by atoms with E-state index in [9.17, 15) is 0 Å². The number of rotatable bonds is 5. The highest BCUT2D eigenvalue weighted by Crippen LogP contribution is 2.36. The Morgan fingerprint density at radius 1 is 0.468 bits per heavy atom. The molecule has 0 aliphatic heterocycles. The second-order valence-corrected chi connectivity index (χ2v) is 11.2. The maximum Gasteiger partial charge on any atom is 0.161 e. The molecule has 0 N–H and O–H groups in total. The number of aromatic nitrogens is 4. The first-order chi connectivity index (χ1) is 23.2. The minimum Gasteiger partial charge on any atom is -0.264 e. The summed E-state index contributed by atoms with van der Waals surface area (Å²) in [6.45, 7) is 5.25. The Balaban J connectivity index is 0.00000113. The lowest BCUT2D eigenvalue weighted by Crippen LogP contribution is -1.97. The predicted molar refractivity (Wildman–Crippen MR) is 196 cm³/mol. The van der Waals surface area contributed by atoms with Gasteiger partial charge in [-0.25, -0.2) is 9.97 Å². The molecule has 8 aromatic rings. The molecule has 0 spiro atoms. The maximum absolute atomic E-state index is 5.19. The van der Waals surface area contributed by atoms with Crippen LogP contribution < -0.4 is 0 Å². The Hall–Kier alpha value is -6.26. The molecule has 0 unspecified atom stereocenters. The van der Waals surface area contributed by atoms with E-state index in [4.69, 9.17) is 9.97 Å². The number of allylic oxidation sites excluding steroid dienone is 1. The van der Waals surface area contributed by atoms with Crippen molar-refractivity contribution in [1.82, 2.24) is 19.9 Å². The normalized spacial score (nSPS) is 10.7. The fourth-order valence-corrected chi connectivity index (χ4v) is 5.84. The van der Waals surface area contributed by atoms with E-state index < -0.39 is 0 Å². The SMILES string of the molecule is C=CC.c1cncc(-c2ccc(-c3cc(-c4ccc(-c5cccnc5)cc4)nc(-c4cc5ccccc5c5ccccc45)n3)cc2)c1. The fraction of sp³-hybridized carbons (Fsp3) is 0.0233. The molecule has 47 heavy (non-hydrogen) atoms. The van der Waals surface area contributed by atoms with Gasteiger partial charge in [0.1, 0.15) is 0 Å². The standard InChI is InChI=1S/C40H26N4.C3H6/c1-2-10-34-31(7-1)23-37(36-12-4-3-11-35(34)36)40-43-38(29-17-13-27(14-18-29)32-8-5-21-41-25-32)24-39(44-40)30-19-15-28(16-20-30)33-9-6-22-42-26-33;1-3-2/h1-26H;3H,1H2,2H3. The largest absolute Gasteiger partial charge is 0.264 e. The van der Waals surface area contributed by atoms with E-state index in [0.29, 0.717) is 5.82 Å². The molecular weight excluding hydrogens is 573 g/mol. The fourth-order valence-electron chi connectivity index (χ4n) is 5.84. The van der Waals surface area contributed by atoms with Gasteiger partial charge in [-0.2, -0.15) is 0 Å². The molecule has 0 saturated carbocycles. The molecule has 3 heterocycles. The van der Waals surface area contributed by atoms with Gasteiger partial charge in [0.05, 0.1) is 11.4 Å². The Morgan fingerprint density at radius 2 is 0.936 bits per heavy atom. The first kappa shape index (κ1) is 29.5. The zero-order valence-electron chi connectivity index (χ0n) is 26.1. The lowest BCUT2D eigenvalue weighted by molar-refractivity contribution is 1.19. The molecule has 0 aliphatic carbocycles. The van der Waals surface area contributed by atoms with Crippen LogP contribution in [0.1, 0.15) is 6.92 Å².